The van der Waals surface area contributed by atoms with Gasteiger partial charge in [0.15, 0.2) is 0 Å². The maximum Gasteiger partial charge on any atom is 0.135 e. The summed E-state index contributed by atoms with van der Waals surface area (Å²) >= 11 is 0. The van der Waals surface area contributed by atoms with Crippen LogP contribution in [0.3, 0.4) is 0 Å². The zero-order valence-corrected chi connectivity index (χ0v) is 14.3. The van der Waals surface area contributed by atoms with Gasteiger partial charge in [-0.05, 0) is 17.7 Å². The highest BCUT2D eigenvalue weighted by atomic mass is 19.1. The van der Waals surface area contributed by atoms with E-state index in [4.69, 9.17) is 0 Å². The van der Waals surface area contributed by atoms with Crippen molar-refractivity contribution in [2.75, 3.05) is 19.6 Å². The molecule has 0 spiro atoms. The fourth-order valence-electron chi connectivity index (χ4n) is 3.46. The second-order valence-corrected chi connectivity index (χ2v) is 6.55. The molecule has 4 nitrogen and oxygen atoms in total. The van der Waals surface area contributed by atoms with Crippen molar-refractivity contribution in [1.82, 2.24) is 20.4 Å². The first kappa shape index (κ1) is 16.9. The molecule has 1 unspecified atom stereocenters. The molecule has 3 aromatic rings. The molecule has 2 N–H and O–H groups in total. The van der Waals surface area contributed by atoms with Crippen LogP contribution < -0.4 is 5.32 Å². The van der Waals surface area contributed by atoms with E-state index in [-0.39, 0.29) is 6.04 Å². The van der Waals surface area contributed by atoms with Crippen molar-refractivity contribution in [3.05, 3.63) is 77.5 Å². The van der Waals surface area contributed by atoms with Gasteiger partial charge < -0.3 is 5.32 Å². The molecular formula is C20H20F2N4. The Kier molecular flexibility index (Phi) is 4.77. The number of hydrogen-bond acceptors (Lipinski definition) is 3. The van der Waals surface area contributed by atoms with Gasteiger partial charge >= 0.3 is 0 Å². The maximum atomic E-state index is 14.1. The summed E-state index contributed by atoms with van der Waals surface area (Å²) < 4.78 is 27.3. The smallest absolute Gasteiger partial charge is 0.135 e. The van der Waals surface area contributed by atoms with E-state index >= 15 is 0 Å². The Morgan fingerprint density at radius 1 is 1.12 bits per heavy atom. The Labute approximate surface area is 150 Å². The molecule has 1 aromatic heterocycles. The van der Waals surface area contributed by atoms with Gasteiger partial charge in [0, 0.05) is 49.4 Å². The fraction of sp³-hybridized carbons (Fsp3) is 0.250. The van der Waals surface area contributed by atoms with Crippen molar-refractivity contribution in [1.29, 1.82) is 0 Å². The zero-order chi connectivity index (χ0) is 17.9. The normalized spacial score (nSPS) is 18.2. The number of H-pyrrole nitrogens is 1. The van der Waals surface area contributed by atoms with Crippen LogP contribution in [-0.2, 0) is 6.54 Å². The first-order valence-corrected chi connectivity index (χ1v) is 8.69. The summed E-state index contributed by atoms with van der Waals surface area (Å²) in [4.78, 5) is 2.32. The van der Waals surface area contributed by atoms with E-state index in [1.165, 1.54) is 17.7 Å². The van der Waals surface area contributed by atoms with Crippen LogP contribution in [0.15, 0.2) is 54.7 Å². The predicted octanol–water partition coefficient (Wildman–Crippen LogP) is 3.50. The molecular weight excluding hydrogens is 334 g/mol. The van der Waals surface area contributed by atoms with Gasteiger partial charge in [-0.3, -0.25) is 10.00 Å². The van der Waals surface area contributed by atoms with Crippen molar-refractivity contribution >= 4 is 0 Å². The van der Waals surface area contributed by atoms with Gasteiger partial charge in [0.2, 0.25) is 0 Å². The van der Waals surface area contributed by atoms with Crippen molar-refractivity contribution < 1.29 is 8.78 Å². The minimum Gasteiger partial charge on any atom is -0.308 e. The van der Waals surface area contributed by atoms with E-state index in [9.17, 15) is 8.78 Å². The summed E-state index contributed by atoms with van der Waals surface area (Å²) in [5, 5.41) is 10.5. The number of piperazine rings is 1. The predicted molar refractivity (Wildman–Crippen MR) is 96.4 cm³/mol. The molecule has 0 amide bonds. The largest absolute Gasteiger partial charge is 0.308 e. The first-order chi connectivity index (χ1) is 12.7. The minimum absolute atomic E-state index is 0.267. The molecule has 0 saturated carbocycles. The van der Waals surface area contributed by atoms with Crippen molar-refractivity contribution in [2.24, 2.45) is 0 Å². The van der Waals surface area contributed by atoms with Crippen LogP contribution in [0.2, 0.25) is 0 Å². The number of hydrogen-bond donors (Lipinski definition) is 2. The highest BCUT2D eigenvalue weighted by Gasteiger charge is 2.22. The van der Waals surface area contributed by atoms with Crippen LogP contribution in [0.5, 0.6) is 0 Å². The standard InChI is InChI=1S/C20H20F2N4/c21-16-6-7-17(18(22)10-16)20-15(11-24-25-20)12-26-9-8-23-19(13-26)14-4-2-1-3-5-14/h1-7,10-11,19,23H,8-9,12-13H2,(H,24,25). The number of nitrogens with zero attached hydrogens (tertiary/aromatic N) is 2. The second kappa shape index (κ2) is 7.35. The van der Waals surface area contributed by atoms with E-state index < -0.39 is 11.6 Å². The molecule has 1 atom stereocenters. The van der Waals surface area contributed by atoms with Gasteiger partial charge in [-0.1, -0.05) is 30.3 Å². The highest BCUT2D eigenvalue weighted by molar-refractivity contribution is 5.63. The molecule has 1 saturated heterocycles. The van der Waals surface area contributed by atoms with E-state index in [1.807, 2.05) is 18.2 Å². The number of aromatic nitrogens is 2. The van der Waals surface area contributed by atoms with Crippen molar-refractivity contribution in [2.45, 2.75) is 12.6 Å². The molecule has 1 aliphatic heterocycles. The third-order valence-corrected chi connectivity index (χ3v) is 4.77. The molecule has 134 valence electrons. The molecule has 2 aromatic carbocycles. The quantitative estimate of drug-likeness (QED) is 0.754. The first-order valence-electron chi connectivity index (χ1n) is 8.69. The molecule has 6 heteroatoms. The summed E-state index contributed by atoms with van der Waals surface area (Å²) in [5.41, 5.74) is 3.12. The van der Waals surface area contributed by atoms with Crippen LogP contribution in [0.25, 0.3) is 11.3 Å². The number of rotatable bonds is 4. The van der Waals surface area contributed by atoms with Crippen molar-refractivity contribution in [3.8, 4) is 11.3 Å². The topological polar surface area (TPSA) is 44.0 Å². The van der Waals surface area contributed by atoms with Gasteiger partial charge in [0.25, 0.3) is 0 Å². The maximum absolute atomic E-state index is 14.1. The number of halogens is 2. The van der Waals surface area contributed by atoms with E-state index in [2.05, 4.69) is 32.5 Å². The van der Waals surface area contributed by atoms with Crippen molar-refractivity contribution in [3.63, 3.8) is 0 Å². The Bertz CT molecular complexity index is 879. The average molecular weight is 354 g/mol. The molecule has 0 bridgehead atoms. The van der Waals surface area contributed by atoms with Gasteiger partial charge in [0.05, 0.1) is 11.9 Å². The Hall–Kier alpha value is -2.57. The summed E-state index contributed by atoms with van der Waals surface area (Å²) in [6.45, 7) is 3.31. The number of aromatic amines is 1. The number of benzene rings is 2. The molecule has 26 heavy (non-hydrogen) atoms. The fourth-order valence-corrected chi connectivity index (χ4v) is 3.46. The third kappa shape index (κ3) is 3.52. The monoisotopic (exact) mass is 354 g/mol. The third-order valence-electron chi connectivity index (χ3n) is 4.77. The Morgan fingerprint density at radius 2 is 1.96 bits per heavy atom. The molecule has 2 heterocycles. The molecule has 1 fully saturated rings. The summed E-state index contributed by atoms with van der Waals surface area (Å²) in [5.74, 6) is -1.17. The lowest BCUT2D eigenvalue weighted by atomic mass is 10.0. The Morgan fingerprint density at radius 3 is 2.77 bits per heavy atom. The SMILES string of the molecule is Fc1ccc(-c2[nH]ncc2CN2CCNC(c3ccccc3)C2)c(F)c1. The zero-order valence-electron chi connectivity index (χ0n) is 14.3. The Balaban J connectivity index is 1.52. The van der Waals surface area contributed by atoms with Gasteiger partial charge in [-0.2, -0.15) is 5.10 Å². The van der Waals surface area contributed by atoms with Crippen LogP contribution in [-0.4, -0.2) is 34.7 Å². The average Bonchev–Trinajstić information content (AvgIpc) is 3.10. The van der Waals surface area contributed by atoms with E-state index in [0.717, 1.165) is 31.3 Å². The lowest BCUT2D eigenvalue weighted by Gasteiger charge is -2.34. The minimum atomic E-state index is -0.585. The summed E-state index contributed by atoms with van der Waals surface area (Å²) in [7, 11) is 0. The summed E-state index contributed by atoms with van der Waals surface area (Å²) in [6.07, 6.45) is 1.72. The van der Waals surface area contributed by atoms with Gasteiger partial charge in [0.1, 0.15) is 11.6 Å². The molecule has 0 radical (unpaired) electrons. The molecule has 0 aliphatic carbocycles. The van der Waals surface area contributed by atoms with Crippen LogP contribution in [0.1, 0.15) is 17.2 Å². The lowest BCUT2D eigenvalue weighted by molar-refractivity contribution is 0.193. The van der Waals surface area contributed by atoms with Crippen LogP contribution in [0.4, 0.5) is 8.78 Å². The van der Waals surface area contributed by atoms with E-state index in [1.54, 1.807) is 6.20 Å². The molecule has 1 aliphatic rings. The highest BCUT2D eigenvalue weighted by Crippen LogP contribution is 2.27. The van der Waals surface area contributed by atoms with Crippen LogP contribution in [0, 0.1) is 11.6 Å². The molecule has 4 rings (SSSR count). The number of nitrogens with one attached hydrogen (secondary N) is 2. The lowest BCUT2D eigenvalue weighted by Crippen LogP contribution is -2.45. The summed E-state index contributed by atoms with van der Waals surface area (Å²) in [6, 6.07) is 14.2. The van der Waals surface area contributed by atoms with E-state index in [0.29, 0.717) is 17.8 Å². The second-order valence-electron chi connectivity index (χ2n) is 6.55. The van der Waals surface area contributed by atoms with Crippen LogP contribution >= 0.6 is 0 Å². The van der Waals surface area contributed by atoms with Gasteiger partial charge in [-0.25, -0.2) is 8.78 Å². The van der Waals surface area contributed by atoms with Gasteiger partial charge in [-0.15, -0.1) is 0 Å².